The van der Waals surface area contributed by atoms with E-state index in [9.17, 15) is 14.7 Å². The minimum absolute atomic E-state index is 0.0000482. The summed E-state index contributed by atoms with van der Waals surface area (Å²) in [6.07, 6.45) is 6.40. The topological polar surface area (TPSA) is 66.8 Å². The first kappa shape index (κ1) is 22.1. The lowest BCUT2D eigenvalue weighted by atomic mass is 9.68. The molecule has 6 heteroatoms. The van der Waals surface area contributed by atoms with Gasteiger partial charge in [0.1, 0.15) is 5.75 Å². The summed E-state index contributed by atoms with van der Waals surface area (Å²) >= 11 is 6.23. The van der Waals surface area contributed by atoms with Crippen LogP contribution in [0.3, 0.4) is 0 Å². The molecule has 0 aromatic heterocycles. The third kappa shape index (κ3) is 4.06. The Bertz CT molecular complexity index is 966. The zero-order valence-corrected chi connectivity index (χ0v) is 19.1. The number of hydrogen-bond donors (Lipinski definition) is 1. The average Bonchev–Trinajstić information content (AvgIpc) is 3.24. The molecular formula is C25H30ClNO4. The molecule has 31 heavy (non-hydrogen) atoms. The van der Waals surface area contributed by atoms with E-state index in [1.165, 1.54) is 21.6 Å². The number of imide groups is 1. The van der Waals surface area contributed by atoms with Crippen LogP contribution in [0.15, 0.2) is 34.9 Å². The van der Waals surface area contributed by atoms with Crippen LogP contribution in [0.25, 0.3) is 6.08 Å². The largest absolute Gasteiger partial charge is 0.508 e. The van der Waals surface area contributed by atoms with Crippen LogP contribution < -0.4 is 0 Å². The van der Waals surface area contributed by atoms with Crippen molar-refractivity contribution in [1.82, 2.24) is 4.90 Å². The Balaban J connectivity index is 1.53. The zero-order chi connectivity index (χ0) is 22.3. The first-order valence-corrected chi connectivity index (χ1v) is 11.5. The number of fused-ring (bicyclic) bond motifs is 3. The van der Waals surface area contributed by atoms with E-state index in [-0.39, 0.29) is 41.4 Å². The number of phenolic OH excluding ortho intramolecular Hbond substituents is 1. The maximum atomic E-state index is 12.8. The van der Waals surface area contributed by atoms with Gasteiger partial charge in [-0.2, -0.15) is 0 Å². The first-order valence-electron chi connectivity index (χ1n) is 11.1. The van der Waals surface area contributed by atoms with Crippen molar-refractivity contribution in [2.75, 3.05) is 13.7 Å². The molecule has 2 saturated heterocycles. The maximum Gasteiger partial charge on any atom is 0.233 e. The van der Waals surface area contributed by atoms with Crippen molar-refractivity contribution in [2.24, 2.45) is 17.8 Å². The van der Waals surface area contributed by atoms with Gasteiger partial charge in [-0.25, -0.2) is 0 Å². The zero-order valence-electron chi connectivity index (χ0n) is 18.4. The lowest BCUT2D eigenvalue weighted by Gasteiger charge is -2.32. The van der Waals surface area contributed by atoms with E-state index >= 15 is 0 Å². The summed E-state index contributed by atoms with van der Waals surface area (Å²) in [5, 5.41) is 10.1. The third-order valence-electron chi connectivity index (χ3n) is 6.97. The van der Waals surface area contributed by atoms with Crippen LogP contribution >= 0.6 is 11.6 Å². The maximum absolute atomic E-state index is 12.8. The highest BCUT2D eigenvalue weighted by molar-refractivity contribution is 6.32. The molecule has 1 aliphatic carbocycles. The van der Waals surface area contributed by atoms with Gasteiger partial charge >= 0.3 is 0 Å². The lowest BCUT2D eigenvalue weighted by Crippen LogP contribution is -2.34. The van der Waals surface area contributed by atoms with Crippen molar-refractivity contribution in [3.63, 3.8) is 0 Å². The minimum Gasteiger partial charge on any atom is -0.508 e. The number of ether oxygens (including phenoxy) is 1. The number of nitrogens with zero attached hydrogens (tertiary/aromatic N) is 1. The highest BCUT2D eigenvalue weighted by Crippen LogP contribution is 2.50. The highest BCUT2D eigenvalue weighted by Gasteiger charge is 2.55. The fraction of sp³-hybridized carbons (Fsp3) is 0.520. The summed E-state index contributed by atoms with van der Waals surface area (Å²) in [6.45, 7) is 4.75. The summed E-state index contributed by atoms with van der Waals surface area (Å²) in [7, 11) is 1.61. The molecule has 1 aromatic rings. The van der Waals surface area contributed by atoms with Gasteiger partial charge in [-0.1, -0.05) is 42.2 Å². The van der Waals surface area contributed by atoms with Gasteiger partial charge < -0.3 is 9.84 Å². The second-order valence-electron chi connectivity index (χ2n) is 9.04. The number of phenols is 1. The fourth-order valence-corrected chi connectivity index (χ4v) is 5.73. The molecule has 2 aliphatic heterocycles. The number of rotatable bonds is 6. The van der Waals surface area contributed by atoms with Crippen molar-refractivity contribution in [3.05, 3.63) is 45.5 Å². The number of carbonyl (C=O) groups excluding carboxylic acids is 2. The van der Waals surface area contributed by atoms with Gasteiger partial charge in [-0.3, -0.25) is 14.5 Å². The van der Waals surface area contributed by atoms with Crippen LogP contribution in [0, 0.1) is 17.8 Å². The summed E-state index contributed by atoms with van der Waals surface area (Å²) in [5.41, 5.74) is 4.68. The molecule has 4 rings (SSSR count). The quantitative estimate of drug-likeness (QED) is 0.497. The molecule has 0 unspecified atom stereocenters. The number of amides is 2. The Morgan fingerprint density at radius 2 is 2.06 bits per heavy atom. The second kappa shape index (κ2) is 8.79. The molecule has 0 bridgehead atoms. The Hall–Kier alpha value is -2.11. The number of hydrogen-bond acceptors (Lipinski definition) is 4. The molecule has 5 nitrogen and oxygen atoms in total. The monoisotopic (exact) mass is 443 g/mol. The molecule has 3 aliphatic rings. The molecule has 1 N–H and O–H groups in total. The number of benzene rings is 1. The van der Waals surface area contributed by atoms with Crippen LogP contribution in [0.1, 0.15) is 51.5 Å². The van der Waals surface area contributed by atoms with Crippen molar-refractivity contribution in [1.29, 1.82) is 0 Å². The van der Waals surface area contributed by atoms with Crippen LogP contribution in [0.4, 0.5) is 0 Å². The Morgan fingerprint density at radius 1 is 1.29 bits per heavy atom. The van der Waals surface area contributed by atoms with E-state index in [0.29, 0.717) is 18.1 Å². The van der Waals surface area contributed by atoms with E-state index in [4.69, 9.17) is 16.3 Å². The van der Waals surface area contributed by atoms with E-state index in [1.54, 1.807) is 19.2 Å². The van der Waals surface area contributed by atoms with E-state index in [2.05, 4.69) is 13.8 Å². The molecule has 2 fully saturated rings. The summed E-state index contributed by atoms with van der Waals surface area (Å²) in [5.74, 6) is -0.366. The number of halogens is 1. The molecular weight excluding hydrogens is 414 g/mol. The standard InChI is InChI=1S/C25H30ClNO4/c1-4-5-16-11-18-23(25(30)27(3)24(18)29)19-13-31-21(22(16)19)9-6-14(2)10-15-7-8-17(28)12-20(15)26/h7-8,10,12,18-19,21,23,28H,4-6,9,11,13H2,1-3H3/b14-10+/t18-,19+,21-,23-/m1/s1. The molecule has 4 atom stereocenters. The molecule has 166 valence electrons. The fourth-order valence-electron chi connectivity index (χ4n) is 5.50. The van der Waals surface area contributed by atoms with E-state index in [1.807, 2.05) is 12.1 Å². The molecule has 1 aromatic carbocycles. The number of carbonyl (C=O) groups is 2. The molecule has 0 spiro atoms. The van der Waals surface area contributed by atoms with Crippen molar-refractivity contribution in [2.45, 2.75) is 52.1 Å². The van der Waals surface area contributed by atoms with Crippen molar-refractivity contribution < 1.29 is 19.4 Å². The van der Waals surface area contributed by atoms with Gasteiger partial charge in [0.25, 0.3) is 0 Å². The smallest absolute Gasteiger partial charge is 0.233 e. The summed E-state index contributed by atoms with van der Waals surface area (Å²) < 4.78 is 6.22. The first-order chi connectivity index (χ1) is 14.8. The van der Waals surface area contributed by atoms with Gasteiger partial charge in [0, 0.05) is 13.0 Å². The second-order valence-corrected chi connectivity index (χ2v) is 9.45. The molecule has 0 saturated carbocycles. The van der Waals surface area contributed by atoms with Crippen LogP contribution in [-0.4, -0.2) is 41.6 Å². The van der Waals surface area contributed by atoms with Gasteiger partial charge in [0.15, 0.2) is 0 Å². The van der Waals surface area contributed by atoms with Gasteiger partial charge in [0.2, 0.25) is 11.8 Å². The lowest BCUT2D eigenvalue weighted by molar-refractivity contribution is -0.138. The van der Waals surface area contributed by atoms with Gasteiger partial charge in [-0.05, 0) is 61.9 Å². The number of allylic oxidation sites excluding steroid dienone is 2. The third-order valence-corrected chi connectivity index (χ3v) is 7.29. The number of likely N-dealkylation sites (tertiary alicyclic amines) is 1. The minimum atomic E-state index is -0.259. The van der Waals surface area contributed by atoms with Crippen LogP contribution in [0.2, 0.25) is 5.02 Å². The predicted octanol–water partition coefficient (Wildman–Crippen LogP) is 4.98. The number of aromatic hydroxyl groups is 1. The normalized spacial score (nSPS) is 28.4. The Kier molecular flexibility index (Phi) is 6.27. The summed E-state index contributed by atoms with van der Waals surface area (Å²) in [6, 6.07) is 4.99. The Morgan fingerprint density at radius 3 is 2.77 bits per heavy atom. The van der Waals surface area contributed by atoms with E-state index in [0.717, 1.165) is 31.2 Å². The molecule has 0 radical (unpaired) electrons. The van der Waals surface area contributed by atoms with Crippen molar-refractivity contribution >= 4 is 29.5 Å². The summed E-state index contributed by atoms with van der Waals surface area (Å²) in [4.78, 5) is 26.7. The average molecular weight is 444 g/mol. The molecule has 2 amide bonds. The van der Waals surface area contributed by atoms with Crippen molar-refractivity contribution in [3.8, 4) is 5.75 Å². The molecule has 2 heterocycles. The predicted molar refractivity (Wildman–Crippen MR) is 121 cm³/mol. The van der Waals surface area contributed by atoms with E-state index < -0.39 is 0 Å². The van der Waals surface area contributed by atoms with Gasteiger partial charge in [0.05, 0.1) is 29.6 Å². The van der Waals surface area contributed by atoms with Crippen LogP contribution in [-0.2, 0) is 14.3 Å². The van der Waals surface area contributed by atoms with Gasteiger partial charge in [-0.15, -0.1) is 0 Å². The Labute approximate surface area is 188 Å². The highest BCUT2D eigenvalue weighted by atomic mass is 35.5. The van der Waals surface area contributed by atoms with Crippen LogP contribution in [0.5, 0.6) is 5.75 Å². The SMILES string of the molecule is CCCC1=C2[C@@H](CC/C(C)=C/c3ccc(O)cc3Cl)OC[C@@H]2[C@@H]2C(=O)N(C)C(=O)[C@@H]2C1.